The Labute approximate surface area is 111 Å². The molecule has 5 N–H and O–H groups in total. The highest BCUT2D eigenvalue weighted by Gasteiger charge is 2.35. The second-order valence-corrected chi connectivity index (χ2v) is 4.04. The van der Waals surface area contributed by atoms with Crippen LogP contribution in [0.15, 0.2) is 17.1 Å². The van der Waals surface area contributed by atoms with Crippen LogP contribution >= 0.6 is 11.6 Å². The molecule has 5 nitrogen and oxygen atoms in total. The lowest BCUT2D eigenvalue weighted by atomic mass is 10.1. The lowest BCUT2D eigenvalue weighted by molar-refractivity contribution is -0.136. The van der Waals surface area contributed by atoms with Crippen molar-refractivity contribution in [3.8, 4) is 0 Å². The third-order valence-electron chi connectivity index (χ3n) is 2.00. The van der Waals surface area contributed by atoms with Crippen LogP contribution in [-0.4, -0.2) is 12.0 Å². The molecule has 104 valence electrons. The number of alkyl halides is 3. The summed E-state index contributed by atoms with van der Waals surface area (Å²) in [6, 6.07) is 0.995. The van der Waals surface area contributed by atoms with E-state index in [9.17, 15) is 18.0 Å². The van der Waals surface area contributed by atoms with Crippen molar-refractivity contribution < 1.29 is 18.0 Å². The molecule has 0 bridgehead atoms. The van der Waals surface area contributed by atoms with Gasteiger partial charge in [0.1, 0.15) is 0 Å². The van der Waals surface area contributed by atoms with Crippen LogP contribution in [-0.2, 0) is 6.18 Å². The minimum atomic E-state index is -4.67. The van der Waals surface area contributed by atoms with E-state index in [2.05, 4.69) is 4.99 Å². The Bertz CT molecular complexity index is 538. The maximum absolute atomic E-state index is 12.8. The first kappa shape index (κ1) is 15.1. The predicted octanol–water partition coefficient (Wildman–Crippen LogP) is 2.47. The van der Waals surface area contributed by atoms with Gasteiger partial charge in [-0.3, -0.25) is 0 Å². The molecule has 2 amide bonds. The largest absolute Gasteiger partial charge is 0.418 e. The number of nitrogens with zero attached hydrogens (tertiary/aromatic N) is 1. The van der Waals surface area contributed by atoms with Crippen LogP contribution in [0.3, 0.4) is 0 Å². The molecule has 0 atom stereocenters. The topological polar surface area (TPSA) is 93.5 Å². The number of urea groups is 1. The second-order valence-electron chi connectivity index (χ2n) is 3.63. The highest BCUT2D eigenvalue weighted by Crippen LogP contribution is 2.39. The number of aryl methyl sites for hydroxylation is 1. The van der Waals surface area contributed by atoms with Crippen molar-refractivity contribution in [1.82, 2.24) is 0 Å². The van der Waals surface area contributed by atoms with Crippen molar-refractivity contribution in [2.75, 3.05) is 5.32 Å². The van der Waals surface area contributed by atoms with Gasteiger partial charge in [0.15, 0.2) is 5.96 Å². The van der Waals surface area contributed by atoms with E-state index in [1.54, 1.807) is 0 Å². The van der Waals surface area contributed by atoms with Crippen molar-refractivity contribution in [2.24, 2.45) is 16.5 Å². The van der Waals surface area contributed by atoms with Crippen LogP contribution in [0.4, 0.5) is 23.7 Å². The molecule has 0 aromatic heterocycles. The molecule has 0 fully saturated rings. The summed E-state index contributed by atoms with van der Waals surface area (Å²) in [5.74, 6) is -0.575. The number of aliphatic imine (C=N–C) groups is 1. The Morgan fingerprint density at radius 3 is 2.42 bits per heavy atom. The average Bonchev–Trinajstić information content (AvgIpc) is 2.18. The van der Waals surface area contributed by atoms with Crippen molar-refractivity contribution in [3.05, 3.63) is 28.3 Å². The van der Waals surface area contributed by atoms with Crippen molar-refractivity contribution in [3.63, 3.8) is 0 Å². The van der Waals surface area contributed by atoms with Gasteiger partial charge in [-0.05, 0) is 24.6 Å². The van der Waals surface area contributed by atoms with Crippen LogP contribution in [0.2, 0.25) is 5.02 Å². The molecule has 19 heavy (non-hydrogen) atoms. The summed E-state index contributed by atoms with van der Waals surface area (Å²) in [6.45, 7) is 1.45. The fourth-order valence-electron chi connectivity index (χ4n) is 1.34. The van der Waals surface area contributed by atoms with E-state index in [4.69, 9.17) is 23.1 Å². The summed E-state index contributed by atoms with van der Waals surface area (Å²) in [5.41, 5.74) is 8.53. The van der Waals surface area contributed by atoms with Gasteiger partial charge in [0, 0.05) is 0 Å². The SMILES string of the molecule is Cc1cc(Cl)c(NC(=O)N=C(N)N)c(C(F)(F)F)c1. The monoisotopic (exact) mass is 294 g/mol. The molecule has 0 radical (unpaired) electrons. The molecule has 0 saturated heterocycles. The summed E-state index contributed by atoms with van der Waals surface area (Å²) < 4.78 is 38.5. The first-order chi connectivity index (χ1) is 8.61. The maximum atomic E-state index is 12.8. The zero-order valence-electron chi connectivity index (χ0n) is 9.68. The number of carbonyl (C=O) groups is 1. The summed E-state index contributed by atoms with van der Waals surface area (Å²) in [4.78, 5) is 14.3. The molecule has 0 spiro atoms. The number of nitrogens with two attached hydrogens (primary N) is 2. The van der Waals surface area contributed by atoms with E-state index in [1.807, 2.05) is 5.32 Å². The zero-order valence-corrected chi connectivity index (χ0v) is 10.4. The Hall–Kier alpha value is -1.96. The summed E-state index contributed by atoms with van der Waals surface area (Å²) in [7, 11) is 0. The predicted molar refractivity (Wildman–Crippen MR) is 66.0 cm³/mol. The number of rotatable bonds is 1. The van der Waals surface area contributed by atoms with Crippen LogP contribution in [0, 0.1) is 6.92 Å². The van der Waals surface area contributed by atoms with Crippen LogP contribution < -0.4 is 16.8 Å². The van der Waals surface area contributed by atoms with Gasteiger partial charge in [-0.1, -0.05) is 11.6 Å². The van der Waals surface area contributed by atoms with E-state index >= 15 is 0 Å². The van der Waals surface area contributed by atoms with Crippen LogP contribution in [0.25, 0.3) is 0 Å². The smallest absolute Gasteiger partial charge is 0.370 e. The molecule has 1 rings (SSSR count). The Morgan fingerprint density at radius 1 is 1.37 bits per heavy atom. The maximum Gasteiger partial charge on any atom is 0.418 e. The number of halogens is 4. The highest BCUT2D eigenvalue weighted by atomic mass is 35.5. The molecule has 1 aromatic carbocycles. The molecule has 0 aliphatic carbocycles. The van der Waals surface area contributed by atoms with Crippen molar-refractivity contribution >= 4 is 29.3 Å². The zero-order chi connectivity index (χ0) is 14.8. The van der Waals surface area contributed by atoms with E-state index < -0.39 is 29.4 Å². The summed E-state index contributed by atoms with van der Waals surface area (Å²) >= 11 is 5.70. The fourth-order valence-corrected chi connectivity index (χ4v) is 1.67. The number of guanidine groups is 1. The van der Waals surface area contributed by atoms with E-state index in [0.717, 1.165) is 6.07 Å². The normalized spacial score (nSPS) is 11.0. The molecular weight excluding hydrogens is 285 g/mol. The average molecular weight is 295 g/mol. The van der Waals surface area contributed by atoms with Crippen molar-refractivity contribution in [1.29, 1.82) is 0 Å². The first-order valence-electron chi connectivity index (χ1n) is 4.89. The Kier molecular flexibility index (Phi) is 4.25. The molecule has 0 unspecified atom stereocenters. The molecule has 0 heterocycles. The number of carbonyl (C=O) groups excluding carboxylic acids is 1. The summed E-state index contributed by atoms with van der Waals surface area (Å²) in [5, 5.41) is 1.65. The van der Waals surface area contributed by atoms with Gasteiger partial charge in [-0.2, -0.15) is 18.2 Å². The van der Waals surface area contributed by atoms with E-state index in [0.29, 0.717) is 5.56 Å². The van der Waals surface area contributed by atoms with Gasteiger partial charge < -0.3 is 16.8 Å². The molecule has 0 saturated carbocycles. The Balaban J connectivity index is 3.27. The number of hydrogen-bond donors (Lipinski definition) is 3. The van der Waals surface area contributed by atoms with Gasteiger partial charge in [0.2, 0.25) is 0 Å². The van der Waals surface area contributed by atoms with Gasteiger partial charge in [0.05, 0.1) is 16.3 Å². The standard InChI is InChI=1S/C10H10ClF3N4O/c1-4-2-5(10(12,13)14)7(6(11)3-4)17-9(19)18-8(15)16/h2-3H,1H3,(H5,15,16,17,18,19). The third kappa shape index (κ3) is 4.02. The van der Waals surface area contributed by atoms with Crippen LogP contribution in [0.5, 0.6) is 0 Å². The lowest BCUT2D eigenvalue weighted by Crippen LogP contribution is -2.26. The molecular formula is C10H10ClF3N4O. The van der Waals surface area contributed by atoms with Crippen LogP contribution in [0.1, 0.15) is 11.1 Å². The molecule has 9 heteroatoms. The van der Waals surface area contributed by atoms with Gasteiger partial charge in [-0.25, -0.2) is 4.79 Å². The molecule has 1 aromatic rings. The van der Waals surface area contributed by atoms with Gasteiger partial charge >= 0.3 is 12.2 Å². The number of amides is 2. The van der Waals surface area contributed by atoms with Gasteiger partial charge in [0.25, 0.3) is 0 Å². The number of hydrogen-bond acceptors (Lipinski definition) is 1. The van der Waals surface area contributed by atoms with Crippen molar-refractivity contribution in [2.45, 2.75) is 13.1 Å². The number of nitrogens with one attached hydrogen (secondary N) is 1. The quantitative estimate of drug-likeness (QED) is 0.548. The number of benzene rings is 1. The third-order valence-corrected chi connectivity index (χ3v) is 2.30. The fraction of sp³-hybridized carbons (Fsp3) is 0.200. The van der Waals surface area contributed by atoms with E-state index in [1.165, 1.54) is 13.0 Å². The lowest BCUT2D eigenvalue weighted by Gasteiger charge is -2.15. The molecule has 0 aliphatic rings. The first-order valence-corrected chi connectivity index (χ1v) is 5.27. The van der Waals surface area contributed by atoms with E-state index in [-0.39, 0.29) is 5.02 Å². The molecule has 0 aliphatic heterocycles. The summed E-state index contributed by atoms with van der Waals surface area (Å²) in [6.07, 6.45) is -4.67. The van der Waals surface area contributed by atoms with Gasteiger partial charge in [-0.15, -0.1) is 0 Å². The minimum Gasteiger partial charge on any atom is -0.370 e. The minimum absolute atomic E-state index is 0.258. The highest BCUT2D eigenvalue weighted by molar-refractivity contribution is 6.34. The Morgan fingerprint density at radius 2 is 1.95 bits per heavy atom. The number of anilines is 1. The second kappa shape index (κ2) is 5.35.